The minimum absolute atomic E-state index is 0.611. The van der Waals surface area contributed by atoms with Crippen molar-refractivity contribution in [2.75, 3.05) is 33.8 Å². The summed E-state index contributed by atoms with van der Waals surface area (Å²) in [7, 11) is 3.78. The molecule has 0 saturated carbocycles. The van der Waals surface area contributed by atoms with Crippen LogP contribution in [0.1, 0.15) is 0 Å². The van der Waals surface area contributed by atoms with Crippen LogP contribution in [0, 0.1) is 0 Å². The van der Waals surface area contributed by atoms with Crippen LogP contribution in [-0.4, -0.2) is 54.4 Å². The first-order valence-electron chi connectivity index (χ1n) is 7.36. The highest BCUT2D eigenvalue weighted by Crippen LogP contribution is 2.07. The number of guanidine groups is 1. The molecule has 0 aliphatic carbocycles. The number of ether oxygens (including phenoxy) is 1. The normalized spacial score (nSPS) is 11.3. The molecule has 2 aromatic rings. The van der Waals surface area contributed by atoms with Crippen molar-refractivity contribution in [3.05, 3.63) is 48.8 Å². The second-order valence-electron chi connectivity index (χ2n) is 4.83. The van der Waals surface area contributed by atoms with Gasteiger partial charge in [-0.05, 0) is 18.2 Å². The van der Waals surface area contributed by atoms with Crippen molar-refractivity contribution >= 4 is 5.96 Å². The number of likely N-dealkylation sites (N-methyl/N-ethyl adjacent to an activating group) is 1. The SMILES string of the molecule is CN=C(NCCn1cccn1)N(C)CCOc1ccccc1. The minimum Gasteiger partial charge on any atom is -0.492 e. The van der Waals surface area contributed by atoms with Crippen molar-refractivity contribution < 1.29 is 4.74 Å². The van der Waals surface area contributed by atoms with Gasteiger partial charge in [-0.1, -0.05) is 18.2 Å². The summed E-state index contributed by atoms with van der Waals surface area (Å²) in [5, 5.41) is 7.49. The second-order valence-corrected chi connectivity index (χ2v) is 4.83. The van der Waals surface area contributed by atoms with Gasteiger partial charge in [0.2, 0.25) is 0 Å². The Bertz CT molecular complexity index is 553. The van der Waals surface area contributed by atoms with E-state index in [-0.39, 0.29) is 0 Å². The average molecular weight is 301 g/mol. The van der Waals surface area contributed by atoms with Gasteiger partial charge in [0.25, 0.3) is 0 Å². The third kappa shape index (κ3) is 5.12. The molecule has 6 heteroatoms. The maximum atomic E-state index is 5.70. The molecular formula is C16H23N5O. The number of nitrogens with zero attached hydrogens (tertiary/aromatic N) is 4. The zero-order valence-electron chi connectivity index (χ0n) is 13.1. The Morgan fingerprint density at radius 2 is 2.14 bits per heavy atom. The molecule has 1 heterocycles. The van der Waals surface area contributed by atoms with Gasteiger partial charge in [-0.25, -0.2) is 0 Å². The Balaban J connectivity index is 1.68. The van der Waals surface area contributed by atoms with Crippen LogP contribution in [-0.2, 0) is 6.54 Å². The van der Waals surface area contributed by atoms with Crippen molar-refractivity contribution in [3.8, 4) is 5.75 Å². The topological polar surface area (TPSA) is 54.7 Å². The van der Waals surface area contributed by atoms with Gasteiger partial charge >= 0.3 is 0 Å². The molecule has 0 bridgehead atoms. The van der Waals surface area contributed by atoms with E-state index in [0.29, 0.717) is 6.61 Å². The quantitative estimate of drug-likeness (QED) is 0.621. The Hall–Kier alpha value is -2.50. The van der Waals surface area contributed by atoms with Gasteiger partial charge < -0.3 is 15.0 Å². The standard InChI is InChI=1S/C16H23N5O/c1-17-16(18-10-12-21-11-6-9-19-21)20(2)13-14-22-15-7-4-3-5-8-15/h3-9,11H,10,12-14H2,1-2H3,(H,17,18). The Kier molecular flexibility index (Phi) is 6.29. The van der Waals surface area contributed by atoms with Crippen LogP contribution in [0.4, 0.5) is 0 Å². The van der Waals surface area contributed by atoms with Gasteiger partial charge in [-0.3, -0.25) is 9.67 Å². The highest BCUT2D eigenvalue weighted by molar-refractivity contribution is 5.79. The number of nitrogens with one attached hydrogen (secondary N) is 1. The smallest absolute Gasteiger partial charge is 0.193 e. The summed E-state index contributed by atoms with van der Waals surface area (Å²) >= 11 is 0. The van der Waals surface area contributed by atoms with E-state index >= 15 is 0 Å². The molecule has 0 atom stereocenters. The van der Waals surface area contributed by atoms with Crippen LogP contribution in [0.25, 0.3) is 0 Å². The highest BCUT2D eigenvalue weighted by atomic mass is 16.5. The first-order valence-corrected chi connectivity index (χ1v) is 7.36. The molecule has 0 aliphatic rings. The lowest BCUT2D eigenvalue weighted by Crippen LogP contribution is -2.42. The number of hydrogen-bond acceptors (Lipinski definition) is 3. The molecule has 118 valence electrons. The van der Waals surface area contributed by atoms with E-state index in [0.717, 1.165) is 31.3 Å². The molecule has 6 nitrogen and oxygen atoms in total. The molecule has 0 fully saturated rings. The molecule has 0 aliphatic heterocycles. The molecule has 0 spiro atoms. The largest absolute Gasteiger partial charge is 0.492 e. The summed E-state index contributed by atoms with van der Waals surface area (Å²) in [4.78, 5) is 6.33. The average Bonchev–Trinajstić information content (AvgIpc) is 3.06. The van der Waals surface area contributed by atoms with Crippen LogP contribution in [0.2, 0.25) is 0 Å². The maximum absolute atomic E-state index is 5.70. The lowest BCUT2D eigenvalue weighted by atomic mass is 10.3. The van der Waals surface area contributed by atoms with Crippen LogP contribution < -0.4 is 10.1 Å². The fourth-order valence-corrected chi connectivity index (χ4v) is 2.02. The summed E-state index contributed by atoms with van der Waals surface area (Å²) in [6.07, 6.45) is 3.73. The molecule has 1 aromatic heterocycles. The second kappa shape index (κ2) is 8.71. The van der Waals surface area contributed by atoms with Crippen molar-refractivity contribution in [1.82, 2.24) is 20.0 Å². The third-order valence-electron chi connectivity index (χ3n) is 3.20. The molecule has 2 rings (SSSR count). The van der Waals surface area contributed by atoms with Crippen LogP contribution in [0.15, 0.2) is 53.8 Å². The van der Waals surface area contributed by atoms with E-state index in [1.807, 2.05) is 59.2 Å². The minimum atomic E-state index is 0.611. The lowest BCUT2D eigenvalue weighted by Gasteiger charge is -2.22. The zero-order valence-corrected chi connectivity index (χ0v) is 13.1. The summed E-state index contributed by atoms with van der Waals surface area (Å²) in [5.74, 6) is 1.74. The molecule has 0 saturated heterocycles. The predicted molar refractivity (Wildman–Crippen MR) is 88.2 cm³/mol. The highest BCUT2D eigenvalue weighted by Gasteiger charge is 2.05. The van der Waals surface area contributed by atoms with Gasteiger partial charge in [0.15, 0.2) is 5.96 Å². The van der Waals surface area contributed by atoms with E-state index in [9.17, 15) is 0 Å². The van der Waals surface area contributed by atoms with Crippen molar-refractivity contribution in [2.24, 2.45) is 4.99 Å². The van der Waals surface area contributed by atoms with E-state index < -0.39 is 0 Å². The van der Waals surface area contributed by atoms with Gasteiger partial charge in [0.05, 0.1) is 13.1 Å². The van der Waals surface area contributed by atoms with Gasteiger partial charge in [0.1, 0.15) is 12.4 Å². The molecule has 22 heavy (non-hydrogen) atoms. The van der Waals surface area contributed by atoms with Crippen LogP contribution in [0.3, 0.4) is 0 Å². The number of benzene rings is 1. The van der Waals surface area contributed by atoms with E-state index in [2.05, 4.69) is 15.4 Å². The van der Waals surface area contributed by atoms with E-state index in [1.165, 1.54) is 0 Å². The van der Waals surface area contributed by atoms with E-state index in [1.54, 1.807) is 13.2 Å². The number of hydrogen-bond donors (Lipinski definition) is 1. The number of aliphatic imine (C=N–C) groups is 1. The summed E-state index contributed by atoms with van der Waals surface area (Å²) in [6, 6.07) is 11.7. The van der Waals surface area contributed by atoms with Crippen molar-refractivity contribution in [1.29, 1.82) is 0 Å². The van der Waals surface area contributed by atoms with Gasteiger partial charge in [-0.2, -0.15) is 5.10 Å². The van der Waals surface area contributed by atoms with Crippen LogP contribution >= 0.6 is 0 Å². The predicted octanol–water partition coefficient (Wildman–Crippen LogP) is 1.47. The number of para-hydroxylation sites is 1. The molecule has 1 aromatic carbocycles. The monoisotopic (exact) mass is 301 g/mol. The summed E-state index contributed by atoms with van der Waals surface area (Å²) < 4.78 is 7.58. The fraction of sp³-hybridized carbons (Fsp3) is 0.375. The lowest BCUT2D eigenvalue weighted by molar-refractivity contribution is 0.281. The van der Waals surface area contributed by atoms with Crippen molar-refractivity contribution in [3.63, 3.8) is 0 Å². The van der Waals surface area contributed by atoms with Crippen molar-refractivity contribution in [2.45, 2.75) is 6.54 Å². The Morgan fingerprint density at radius 3 is 2.82 bits per heavy atom. The number of rotatable bonds is 7. The fourth-order valence-electron chi connectivity index (χ4n) is 2.02. The molecule has 0 amide bonds. The van der Waals surface area contributed by atoms with Gasteiger partial charge in [0, 0.05) is 33.0 Å². The third-order valence-corrected chi connectivity index (χ3v) is 3.20. The zero-order chi connectivity index (χ0) is 15.6. The molecule has 0 radical (unpaired) electrons. The summed E-state index contributed by atoms with van der Waals surface area (Å²) in [5.41, 5.74) is 0. The summed E-state index contributed by atoms with van der Waals surface area (Å²) in [6.45, 7) is 2.95. The molecule has 0 unspecified atom stereocenters. The first-order chi connectivity index (χ1) is 10.8. The maximum Gasteiger partial charge on any atom is 0.193 e. The first kappa shape index (κ1) is 15.9. The Labute approximate surface area is 131 Å². The van der Waals surface area contributed by atoms with Gasteiger partial charge in [-0.15, -0.1) is 0 Å². The van der Waals surface area contributed by atoms with E-state index in [4.69, 9.17) is 4.74 Å². The Morgan fingerprint density at radius 1 is 1.32 bits per heavy atom. The molecular weight excluding hydrogens is 278 g/mol. The molecule has 1 N–H and O–H groups in total. The van der Waals surface area contributed by atoms with Crippen LogP contribution in [0.5, 0.6) is 5.75 Å². The number of aromatic nitrogens is 2.